The molecule has 1 heteroatoms. The maximum atomic E-state index is 6.03. The van der Waals surface area contributed by atoms with Crippen LogP contribution in [-0.4, -0.2) is 6.54 Å². The predicted molar refractivity (Wildman–Crippen MR) is 78.8 cm³/mol. The molecule has 19 heavy (non-hydrogen) atoms. The van der Waals surface area contributed by atoms with Crippen LogP contribution >= 0.6 is 0 Å². The van der Waals surface area contributed by atoms with E-state index in [0.29, 0.717) is 5.41 Å². The Hall–Kier alpha value is -0.820. The van der Waals surface area contributed by atoms with Crippen molar-refractivity contribution in [3.8, 4) is 0 Å². The Morgan fingerprint density at radius 3 is 2.00 bits per heavy atom. The Morgan fingerprint density at radius 1 is 0.895 bits per heavy atom. The quantitative estimate of drug-likeness (QED) is 0.875. The van der Waals surface area contributed by atoms with E-state index in [1.807, 2.05) is 0 Å². The van der Waals surface area contributed by atoms with Crippen LogP contribution < -0.4 is 5.73 Å². The summed E-state index contributed by atoms with van der Waals surface area (Å²) in [5.74, 6) is 3.90. The van der Waals surface area contributed by atoms with Crippen LogP contribution in [0.15, 0.2) is 30.3 Å². The van der Waals surface area contributed by atoms with E-state index in [4.69, 9.17) is 5.73 Å². The molecule has 2 N–H and O–H groups in total. The first-order valence-corrected chi connectivity index (χ1v) is 8.08. The van der Waals surface area contributed by atoms with Gasteiger partial charge in [-0.1, -0.05) is 30.3 Å². The zero-order valence-corrected chi connectivity index (χ0v) is 11.7. The molecule has 1 aromatic carbocycles. The number of rotatable bonds is 3. The summed E-state index contributed by atoms with van der Waals surface area (Å²) in [7, 11) is 0. The van der Waals surface area contributed by atoms with Crippen LogP contribution in [-0.2, 0) is 5.41 Å². The van der Waals surface area contributed by atoms with Crippen molar-refractivity contribution in [2.24, 2.45) is 29.4 Å². The van der Waals surface area contributed by atoms with Gasteiger partial charge >= 0.3 is 0 Å². The summed E-state index contributed by atoms with van der Waals surface area (Å²) in [6.45, 7) is 0.844. The molecule has 4 bridgehead atoms. The maximum absolute atomic E-state index is 6.03. The van der Waals surface area contributed by atoms with Gasteiger partial charge in [0.15, 0.2) is 0 Å². The average Bonchev–Trinajstić information content (AvgIpc) is 2.43. The van der Waals surface area contributed by atoms with E-state index >= 15 is 0 Å². The fourth-order valence-corrected chi connectivity index (χ4v) is 6.04. The average molecular weight is 255 g/mol. The fraction of sp³-hybridized carbons (Fsp3) is 0.667. The molecule has 4 aliphatic rings. The van der Waals surface area contributed by atoms with Gasteiger partial charge in [-0.05, 0) is 74.3 Å². The molecule has 4 saturated carbocycles. The third-order valence-electron chi connectivity index (χ3n) is 6.46. The van der Waals surface area contributed by atoms with E-state index in [9.17, 15) is 0 Å². The predicted octanol–water partition coefficient (Wildman–Crippen LogP) is 3.73. The highest BCUT2D eigenvalue weighted by atomic mass is 14.6. The Kier molecular flexibility index (Phi) is 2.73. The van der Waals surface area contributed by atoms with Gasteiger partial charge in [0.1, 0.15) is 0 Å². The van der Waals surface area contributed by atoms with Crippen molar-refractivity contribution in [1.29, 1.82) is 0 Å². The Morgan fingerprint density at radius 2 is 1.47 bits per heavy atom. The van der Waals surface area contributed by atoms with Crippen molar-refractivity contribution in [2.75, 3.05) is 6.54 Å². The van der Waals surface area contributed by atoms with Gasteiger partial charge in [-0.2, -0.15) is 0 Å². The zero-order valence-electron chi connectivity index (χ0n) is 11.7. The van der Waals surface area contributed by atoms with Crippen molar-refractivity contribution < 1.29 is 0 Å². The molecule has 0 radical (unpaired) electrons. The number of nitrogens with two attached hydrogens (primary N) is 1. The molecular formula is C18H25N. The van der Waals surface area contributed by atoms with Crippen molar-refractivity contribution in [1.82, 2.24) is 0 Å². The van der Waals surface area contributed by atoms with Crippen LogP contribution in [0.5, 0.6) is 0 Å². The molecule has 0 amide bonds. The third-order valence-corrected chi connectivity index (χ3v) is 6.46. The fourth-order valence-electron chi connectivity index (χ4n) is 6.04. The molecule has 0 heterocycles. The molecule has 5 rings (SSSR count). The lowest BCUT2D eigenvalue weighted by atomic mass is 9.43. The van der Waals surface area contributed by atoms with Gasteiger partial charge < -0.3 is 5.73 Å². The highest BCUT2D eigenvalue weighted by molar-refractivity contribution is 5.31. The smallest absolute Gasteiger partial charge is 0.00218 e. The molecule has 1 nitrogen and oxygen atoms in total. The number of hydrogen-bond donors (Lipinski definition) is 1. The molecule has 4 aliphatic carbocycles. The summed E-state index contributed by atoms with van der Waals surface area (Å²) < 4.78 is 0. The van der Waals surface area contributed by atoms with E-state index in [1.54, 1.807) is 5.56 Å². The lowest BCUT2D eigenvalue weighted by molar-refractivity contribution is -0.0639. The highest BCUT2D eigenvalue weighted by Crippen LogP contribution is 2.63. The second-order valence-corrected chi connectivity index (χ2v) is 7.25. The van der Waals surface area contributed by atoms with Crippen LogP contribution in [0.3, 0.4) is 0 Å². The SMILES string of the molecule is NCCC1(c2ccccc2)C2CC3CC(C2)CC1C3. The first kappa shape index (κ1) is 12.0. The first-order chi connectivity index (χ1) is 9.33. The molecule has 0 saturated heterocycles. The zero-order chi connectivity index (χ0) is 12.9. The minimum absolute atomic E-state index is 0.420. The Balaban J connectivity index is 1.79. The van der Waals surface area contributed by atoms with Gasteiger partial charge in [-0.3, -0.25) is 0 Å². The van der Waals surface area contributed by atoms with E-state index in [2.05, 4.69) is 30.3 Å². The first-order valence-electron chi connectivity index (χ1n) is 8.08. The van der Waals surface area contributed by atoms with Gasteiger partial charge in [-0.15, -0.1) is 0 Å². The van der Waals surface area contributed by atoms with E-state index in [-0.39, 0.29) is 0 Å². The molecule has 1 aromatic rings. The van der Waals surface area contributed by atoms with Gasteiger partial charge in [0.25, 0.3) is 0 Å². The second-order valence-electron chi connectivity index (χ2n) is 7.25. The Labute approximate surface area is 116 Å². The van der Waals surface area contributed by atoms with Gasteiger partial charge in [-0.25, -0.2) is 0 Å². The van der Waals surface area contributed by atoms with Crippen molar-refractivity contribution in [3.05, 3.63) is 35.9 Å². The lowest BCUT2D eigenvalue weighted by Crippen LogP contribution is -2.56. The van der Waals surface area contributed by atoms with Crippen LogP contribution in [0, 0.1) is 23.7 Å². The summed E-state index contributed by atoms with van der Waals surface area (Å²) in [6.07, 6.45) is 8.62. The van der Waals surface area contributed by atoms with Crippen LogP contribution in [0.1, 0.15) is 44.1 Å². The van der Waals surface area contributed by atoms with Crippen molar-refractivity contribution >= 4 is 0 Å². The summed E-state index contributed by atoms with van der Waals surface area (Å²) in [6, 6.07) is 11.3. The number of hydrogen-bond acceptors (Lipinski definition) is 1. The molecule has 0 unspecified atom stereocenters. The van der Waals surface area contributed by atoms with Gasteiger partial charge in [0, 0.05) is 5.41 Å². The van der Waals surface area contributed by atoms with Crippen molar-refractivity contribution in [2.45, 2.75) is 43.9 Å². The largest absolute Gasteiger partial charge is 0.330 e. The third kappa shape index (κ3) is 1.64. The van der Waals surface area contributed by atoms with Crippen LogP contribution in [0.2, 0.25) is 0 Å². The molecule has 102 valence electrons. The molecular weight excluding hydrogens is 230 g/mol. The molecule has 0 spiro atoms. The minimum Gasteiger partial charge on any atom is -0.330 e. The van der Waals surface area contributed by atoms with Crippen molar-refractivity contribution in [3.63, 3.8) is 0 Å². The second kappa shape index (κ2) is 4.34. The maximum Gasteiger partial charge on any atom is 0.00218 e. The highest BCUT2D eigenvalue weighted by Gasteiger charge is 2.57. The normalized spacial score (nSPS) is 43.6. The standard InChI is InChI=1S/C18H25N/c19-7-6-18(15-4-2-1-3-5-15)16-9-13-8-14(11-16)12-17(18)10-13/h1-5,13-14,16-17H,6-12,19H2. The number of benzene rings is 1. The van der Waals surface area contributed by atoms with E-state index < -0.39 is 0 Å². The topological polar surface area (TPSA) is 26.0 Å². The molecule has 4 fully saturated rings. The van der Waals surface area contributed by atoms with Crippen LogP contribution in [0.25, 0.3) is 0 Å². The summed E-state index contributed by atoms with van der Waals surface area (Å²) in [4.78, 5) is 0. The lowest BCUT2D eigenvalue weighted by Gasteiger charge is -2.62. The minimum atomic E-state index is 0.420. The monoisotopic (exact) mass is 255 g/mol. The molecule has 0 atom stereocenters. The van der Waals surface area contributed by atoms with E-state index in [0.717, 1.165) is 30.2 Å². The van der Waals surface area contributed by atoms with E-state index in [1.165, 1.54) is 38.5 Å². The summed E-state index contributed by atoms with van der Waals surface area (Å²) in [5.41, 5.74) is 8.04. The summed E-state index contributed by atoms with van der Waals surface area (Å²) in [5, 5.41) is 0. The van der Waals surface area contributed by atoms with Gasteiger partial charge in [0.2, 0.25) is 0 Å². The van der Waals surface area contributed by atoms with Gasteiger partial charge in [0.05, 0.1) is 0 Å². The summed E-state index contributed by atoms with van der Waals surface area (Å²) >= 11 is 0. The molecule has 0 aliphatic heterocycles. The Bertz CT molecular complexity index is 422. The van der Waals surface area contributed by atoms with Crippen LogP contribution in [0.4, 0.5) is 0 Å². The molecule has 0 aromatic heterocycles.